The Labute approximate surface area is 96.6 Å². The Balaban J connectivity index is 2.17. The van der Waals surface area contributed by atoms with Crippen LogP contribution in [0.2, 0.25) is 0 Å². The molecule has 1 aliphatic heterocycles. The van der Waals surface area contributed by atoms with E-state index in [0.29, 0.717) is 11.5 Å². The van der Waals surface area contributed by atoms with E-state index in [1.807, 2.05) is 18.2 Å². The van der Waals surface area contributed by atoms with E-state index >= 15 is 0 Å². The van der Waals surface area contributed by atoms with Crippen LogP contribution in [0.3, 0.4) is 0 Å². The van der Waals surface area contributed by atoms with Gasteiger partial charge >= 0.3 is 0 Å². The van der Waals surface area contributed by atoms with Gasteiger partial charge in [0.1, 0.15) is 0 Å². The summed E-state index contributed by atoms with van der Waals surface area (Å²) in [5.41, 5.74) is 0.888. The summed E-state index contributed by atoms with van der Waals surface area (Å²) in [6, 6.07) is 5.99. The van der Waals surface area contributed by atoms with Crippen molar-refractivity contribution in [1.82, 2.24) is 0 Å². The second-order valence-corrected chi connectivity index (χ2v) is 5.25. The molecular formula is C10H11NO2S2. The summed E-state index contributed by atoms with van der Waals surface area (Å²) in [6.45, 7) is 0.170. The Morgan fingerprint density at radius 3 is 3.20 bits per heavy atom. The number of nitrogens with one attached hydrogen (secondary N) is 1. The topological polar surface area (TPSA) is 49.3 Å². The molecule has 80 valence electrons. The van der Waals surface area contributed by atoms with Crippen LogP contribution in [-0.2, 0) is 4.79 Å². The lowest BCUT2D eigenvalue weighted by atomic mass is 10.3. The summed E-state index contributed by atoms with van der Waals surface area (Å²) in [5.74, 6) is 1.23. The van der Waals surface area contributed by atoms with E-state index in [9.17, 15) is 4.79 Å². The quantitative estimate of drug-likeness (QED) is 0.793. The number of hydrogen-bond donors (Lipinski definition) is 2. The molecule has 0 bridgehead atoms. The van der Waals surface area contributed by atoms with Gasteiger partial charge in [-0.1, -0.05) is 0 Å². The van der Waals surface area contributed by atoms with Gasteiger partial charge in [-0.2, -0.15) is 0 Å². The molecule has 1 amide bonds. The maximum atomic E-state index is 11.2. The maximum Gasteiger partial charge on any atom is 0.234 e. The normalized spacial score (nSPS) is 14.6. The van der Waals surface area contributed by atoms with Crippen molar-refractivity contribution in [3.05, 3.63) is 18.2 Å². The van der Waals surface area contributed by atoms with Crippen molar-refractivity contribution in [2.45, 2.75) is 9.79 Å². The summed E-state index contributed by atoms with van der Waals surface area (Å²) in [7, 11) is 0. The van der Waals surface area contributed by atoms with Gasteiger partial charge in [0.2, 0.25) is 5.91 Å². The Kier molecular flexibility index (Phi) is 3.56. The van der Waals surface area contributed by atoms with Gasteiger partial charge < -0.3 is 10.4 Å². The molecule has 5 heteroatoms. The Morgan fingerprint density at radius 1 is 1.53 bits per heavy atom. The van der Waals surface area contributed by atoms with E-state index in [4.69, 9.17) is 5.11 Å². The van der Waals surface area contributed by atoms with Crippen LogP contribution < -0.4 is 5.32 Å². The van der Waals surface area contributed by atoms with Crippen LogP contribution in [0.25, 0.3) is 0 Å². The third-order valence-corrected chi connectivity index (χ3v) is 3.99. The predicted molar refractivity (Wildman–Crippen MR) is 63.6 cm³/mol. The van der Waals surface area contributed by atoms with Gasteiger partial charge in [0, 0.05) is 15.5 Å². The largest absolute Gasteiger partial charge is 0.396 e. The zero-order valence-corrected chi connectivity index (χ0v) is 9.66. The second kappa shape index (κ2) is 4.92. The first kappa shape index (κ1) is 10.9. The molecule has 0 atom stereocenters. The van der Waals surface area contributed by atoms with Gasteiger partial charge in [-0.25, -0.2) is 0 Å². The smallest absolute Gasteiger partial charge is 0.234 e. The fourth-order valence-electron chi connectivity index (χ4n) is 1.32. The van der Waals surface area contributed by atoms with Gasteiger partial charge in [-0.05, 0) is 18.2 Å². The first-order chi connectivity index (χ1) is 7.29. The molecule has 1 aliphatic rings. The van der Waals surface area contributed by atoms with Crippen molar-refractivity contribution in [3.8, 4) is 0 Å². The number of fused-ring (bicyclic) bond motifs is 1. The van der Waals surface area contributed by atoms with Crippen molar-refractivity contribution in [2.75, 3.05) is 23.4 Å². The zero-order chi connectivity index (χ0) is 10.7. The number of rotatable bonds is 3. The van der Waals surface area contributed by atoms with E-state index in [0.717, 1.165) is 15.5 Å². The van der Waals surface area contributed by atoms with E-state index < -0.39 is 0 Å². The molecule has 1 heterocycles. The molecule has 3 nitrogen and oxygen atoms in total. The van der Waals surface area contributed by atoms with Crippen LogP contribution in [0.15, 0.2) is 28.0 Å². The molecule has 0 radical (unpaired) electrons. The molecule has 0 unspecified atom stereocenters. The monoisotopic (exact) mass is 241 g/mol. The van der Waals surface area contributed by atoms with Crippen LogP contribution in [-0.4, -0.2) is 29.1 Å². The maximum absolute atomic E-state index is 11.2. The molecule has 0 aromatic heterocycles. The highest BCUT2D eigenvalue weighted by atomic mass is 32.2. The van der Waals surface area contributed by atoms with Crippen LogP contribution in [0.5, 0.6) is 0 Å². The van der Waals surface area contributed by atoms with Crippen LogP contribution >= 0.6 is 23.5 Å². The Hall–Kier alpha value is -0.650. The van der Waals surface area contributed by atoms with Gasteiger partial charge in [-0.15, -0.1) is 23.5 Å². The minimum Gasteiger partial charge on any atom is -0.396 e. The summed E-state index contributed by atoms with van der Waals surface area (Å²) in [5, 5.41) is 11.6. The SMILES string of the molecule is O=C1CSc2ccc(SCCO)cc2N1. The van der Waals surface area contributed by atoms with Crippen molar-refractivity contribution in [1.29, 1.82) is 0 Å². The fraction of sp³-hybridized carbons (Fsp3) is 0.300. The van der Waals surface area contributed by atoms with Crippen molar-refractivity contribution in [2.24, 2.45) is 0 Å². The molecule has 2 rings (SSSR count). The van der Waals surface area contributed by atoms with Crippen LogP contribution in [0, 0.1) is 0 Å². The number of benzene rings is 1. The summed E-state index contributed by atoms with van der Waals surface area (Å²) in [6.07, 6.45) is 0. The fourth-order valence-corrected chi connectivity index (χ4v) is 2.80. The highest BCUT2D eigenvalue weighted by Gasteiger charge is 2.15. The molecule has 0 saturated heterocycles. The average molecular weight is 241 g/mol. The molecule has 0 aliphatic carbocycles. The Morgan fingerprint density at radius 2 is 2.40 bits per heavy atom. The number of hydrogen-bond acceptors (Lipinski definition) is 4. The first-order valence-electron chi connectivity index (χ1n) is 4.60. The number of amides is 1. The van der Waals surface area contributed by atoms with Gasteiger partial charge in [0.25, 0.3) is 0 Å². The van der Waals surface area contributed by atoms with Gasteiger partial charge in [0.15, 0.2) is 0 Å². The standard InChI is InChI=1S/C10H11NO2S2/c12-3-4-14-7-1-2-9-8(5-7)11-10(13)6-15-9/h1-2,5,12H,3-4,6H2,(H,11,13). The van der Waals surface area contributed by atoms with Crippen molar-refractivity contribution in [3.63, 3.8) is 0 Å². The lowest BCUT2D eigenvalue weighted by Gasteiger charge is -2.16. The Bertz CT molecular complexity index is 382. The van der Waals surface area contributed by atoms with E-state index in [-0.39, 0.29) is 12.5 Å². The minimum atomic E-state index is 0.0526. The van der Waals surface area contributed by atoms with E-state index in [2.05, 4.69) is 5.32 Å². The third-order valence-electron chi connectivity index (χ3n) is 1.94. The van der Waals surface area contributed by atoms with Crippen LogP contribution in [0.1, 0.15) is 0 Å². The molecule has 1 aromatic carbocycles. The number of thioether (sulfide) groups is 2. The van der Waals surface area contributed by atoms with E-state index in [1.54, 1.807) is 23.5 Å². The lowest BCUT2D eigenvalue weighted by molar-refractivity contribution is -0.113. The number of aliphatic hydroxyl groups excluding tert-OH is 1. The summed E-state index contributed by atoms with van der Waals surface area (Å²) in [4.78, 5) is 13.4. The minimum absolute atomic E-state index is 0.0526. The number of carbonyl (C=O) groups is 1. The highest BCUT2D eigenvalue weighted by molar-refractivity contribution is 8.00. The molecule has 1 aromatic rings. The van der Waals surface area contributed by atoms with E-state index in [1.165, 1.54) is 0 Å². The summed E-state index contributed by atoms with van der Waals surface area (Å²) >= 11 is 3.14. The van der Waals surface area contributed by atoms with Crippen LogP contribution in [0.4, 0.5) is 5.69 Å². The van der Waals surface area contributed by atoms with Crippen molar-refractivity contribution < 1.29 is 9.90 Å². The molecule has 0 saturated carbocycles. The van der Waals surface area contributed by atoms with Gasteiger partial charge in [0.05, 0.1) is 18.0 Å². The molecule has 0 spiro atoms. The average Bonchev–Trinajstić information content (AvgIpc) is 2.25. The molecule has 2 N–H and O–H groups in total. The lowest BCUT2D eigenvalue weighted by Crippen LogP contribution is -2.18. The van der Waals surface area contributed by atoms with Gasteiger partial charge in [-0.3, -0.25) is 4.79 Å². The number of carbonyl (C=O) groups excluding carboxylic acids is 1. The second-order valence-electron chi connectivity index (χ2n) is 3.07. The summed E-state index contributed by atoms with van der Waals surface area (Å²) < 4.78 is 0. The molecule has 15 heavy (non-hydrogen) atoms. The number of aliphatic hydroxyl groups is 1. The third kappa shape index (κ3) is 2.68. The number of anilines is 1. The zero-order valence-electron chi connectivity index (χ0n) is 8.03. The van der Waals surface area contributed by atoms with Crippen molar-refractivity contribution >= 4 is 35.1 Å². The molecule has 0 fully saturated rings. The predicted octanol–water partition coefficient (Wildman–Crippen LogP) is 1.82. The first-order valence-corrected chi connectivity index (χ1v) is 6.57. The highest BCUT2D eigenvalue weighted by Crippen LogP contribution is 2.34. The molecular weight excluding hydrogens is 230 g/mol.